The van der Waals surface area contributed by atoms with Crippen molar-refractivity contribution >= 4 is 21.6 Å². The van der Waals surface area contributed by atoms with E-state index in [1.807, 2.05) is 0 Å². The van der Waals surface area contributed by atoms with Crippen molar-refractivity contribution in [1.29, 1.82) is 0 Å². The quantitative estimate of drug-likeness (QED) is 0.561. The standard InChI is InChI=1S/C23H17F3N2O3S/c24-23(25,26)19-10-4-7-17(15-19)8-6-14-27-22(29)18-9-5-11-20(16-18)28-32(30,31)21-12-2-1-3-13-21/h1-5,7,9-13,15-16,28H,14H2,(H,27,29). The van der Waals surface area contributed by atoms with Crippen LogP contribution in [0.3, 0.4) is 0 Å². The van der Waals surface area contributed by atoms with E-state index in [0.29, 0.717) is 0 Å². The molecule has 0 aromatic heterocycles. The topological polar surface area (TPSA) is 75.3 Å². The molecule has 164 valence electrons. The van der Waals surface area contributed by atoms with Crippen molar-refractivity contribution < 1.29 is 26.4 Å². The van der Waals surface area contributed by atoms with Crippen LogP contribution in [0.1, 0.15) is 21.5 Å². The molecule has 1 amide bonds. The summed E-state index contributed by atoms with van der Waals surface area (Å²) in [4.78, 5) is 12.4. The Morgan fingerprint density at radius 2 is 1.62 bits per heavy atom. The first-order valence-electron chi connectivity index (χ1n) is 9.27. The van der Waals surface area contributed by atoms with Crippen LogP contribution < -0.4 is 10.0 Å². The van der Waals surface area contributed by atoms with Crippen LogP contribution in [0, 0.1) is 11.8 Å². The zero-order valence-corrected chi connectivity index (χ0v) is 17.3. The number of anilines is 1. The fourth-order valence-corrected chi connectivity index (χ4v) is 3.75. The Hall–Kier alpha value is -3.77. The third-order valence-electron chi connectivity index (χ3n) is 4.19. The first-order valence-corrected chi connectivity index (χ1v) is 10.8. The number of rotatable bonds is 5. The van der Waals surface area contributed by atoms with Crippen molar-refractivity contribution in [2.75, 3.05) is 11.3 Å². The van der Waals surface area contributed by atoms with Gasteiger partial charge in [0.2, 0.25) is 0 Å². The van der Waals surface area contributed by atoms with E-state index < -0.39 is 27.7 Å². The summed E-state index contributed by atoms with van der Waals surface area (Å²) in [6, 6.07) is 18.2. The van der Waals surface area contributed by atoms with Gasteiger partial charge in [0.1, 0.15) is 0 Å². The van der Waals surface area contributed by atoms with Crippen molar-refractivity contribution in [3.05, 3.63) is 95.6 Å². The van der Waals surface area contributed by atoms with Gasteiger partial charge in [-0.1, -0.05) is 42.2 Å². The number of hydrogen-bond acceptors (Lipinski definition) is 3. The molecule has 3 aromatic carbocycles. The van der Waals surface area contributed by atoms with E-state index in [4.69, 9.17) is 0 Å². The molecule has 32 heavy (non-hydrogen) atoms. The van der Waals surface area contributed by atoms with Crippen LogP contribution in [0.25, 0.3) is 0 Å². The zero-order valence-electron chi connectivity index (χ0n) is 16.5. The number of benzene rings is 3. The van der Waals surface area contributed by atoms with E-state index in [-0.39, 0.29) is 28.3 Å². The first kappa shape index (κ1) is 22.9. The van der Waals surface area contributed by atoms with Crippen LogP contribution in [0.5, 0.6) is 0 Å². The summed E-state index contributed by atoms with van der Waals surface area (Å²) in [7, 11) is -3.81. The Bertz CT molecular complexity index is 1280. The minimum absolute atomic E-state index is 0.0831. The van der Waals surface area contributed by atoms with Gasteiger partial charge in [0, 0.05) is 16.8 Å². The minimum Gasteiger partial charge on any atom is -0.341 e. The number of sulfonamides is 1. The van der Waals surface area contributed by atoms with E-state index in [1.165, 1.54) is 48.5 Å². The van der Waals surface area contributed by atoms with Crippen LogP contribution in [0.4, 0.5) is 18.9 Å². The summed E-state index contributed by atoms with van der Waals surface area (Å²) in [6.07, 6.45) is -4.46. The Balaban J connectivity index is 1.63. The molecule has 0 bridgehead atoms. The highest BCUT2D eigenvalue weighted by Gasteiger charge is 2.30. The van der Waals surface area contributed by atoms with Gasteiger partial charge in [0.25, 0.3) is 15.9 Å². The lowest BCUT2D eigenvalue weighted by Crippen LogP contribution is -2.23. The molecule has 0 saturated carbocycles. The van der Waals surface area contributed by atoms with Gasteiger partial charge in [0.05, 0.1) is 17.0 Å². The van der Waals surface area contributed by atoms with Crippen LogP contribution >= 0.6 is 0 Å². The Morgan fingerprint density at radius 1 is 0.906 bits per heavy atom. The monoisotopic (exact) mass is 458 g/mol. The van der Waals surface area contributed by atoms with E-state index in [0.717, 1.165) is 12.1 Å². The molecule has 0 aliphatic rings. The van der Waals surface area contributed by atoms with Crippen molar-refractivity contribution in [2.45, 2.75) is 11.1 Å². The van der Waals surface area contributed by atoms with Crippen LogP contribution in [0.2, 0.25) is 0 Å². The molecule has 0 fully saturated rings. The van der Waals surface area contributed by atoms with Crippen molar-refractivity contribution in [2.24, 2.45) is 0 Å². The molecule has 0 aliphatic heterocycles. The predicted octanol–water partition coefficient (Wildman–Crippen LogP) is 4.29. The molecule has 2 N–H and O–H groups in total. The molecule has 3 rings (SSSR count). The van der Waals surface area contributed by atoms with Gasteiger partial charge in [-0.2, -0.15) is 13.2 Å². The number of carbonyl (C=O) groups excluding carboxylic acids is 1. The number of hydrogen-bond donors (Lipinski definition) is 2. The summed E-state index contributed by atoms with van der Waals surface area (Å²) in [5.74, 6) is 4.65. The first-order chi connectivity index (χ1) is 15.1. The van der Waals surface area contributed by atoms with Crippen molar-refractivity contribution in [1.82, 2.24) is 5.32 Å². The van der Waals surface area contributed by atoms with Crippen molar-refractivity contribution in [3.63, 3.8) is 0 Å². The lowest BCUT2D eigenvalue weighted by Gasteiger charge is -2.09. The molecule has 0 radical (unpaired) electrons. The Labute approximate surface area is 183 Å². The average Bonchev–Trinajstić information content (AvgIpc) is 2.77. The van der Waals surface area contributed by atoms with Crippen LogP contribution in [0.15, 0.2) is 83.8 Å². The molecule has 3 aromatic rings. The van der Waals surface area contributed by atoms with E-state index >= 15 is 0 Å². The largest absolute Gasteiger partial charge is 0.416 e. The molecule has 0 spiro atoms. The lowest BCUT2D eigenvalue weighted by molar-refractivity contribution is -0.137. The normalized spacial score (nSPS) is 11.2. The molecule has 0 atom stereocenters. The number of nitrogens with one attached hydrogen (secondary N) is 2. The average molecular weight is 458 g/mol. The third-order valence-corrected chi connectivity index (χ3v) is 5.59. The number of carbonyl (C=O) groups is 1. The Morgan fingerprint density at radius 3 is 2.34 bits per heavy atom. The minimum atomic E-state index is -4.46. The second kappa shape index (κ2) is 9.58. The highest BCUT2D eigenvalue weighted by Crippen LogP contribution is 2.29. The van der Waals surface area contributed by atoms with E-state index in [9.17, 15) is 26.4 Å². The summed E-state index contributed by atoms with van der Waals surface area (Å²) >= 11 is 0. The highest BCUT2D eigenvalue weighted by molar-refractivity contribution is 7.92. The van der Waals surface area contributed by atoms with Gasteiger partial charge in [0.15, 0.2) is 0 Å². The maximum absolute atomic E-state index is 12.7. The molecule has 0 aliphatic carbocycles. The SMILES string of the molecule is O=C(NCC#Cc1cccc(C(F)(F)F)c1)c1cccc(NS(=O)(=O)c2ccccc2)c1. The molecular formula is C23H17F3N2O3S. The maximum Gasteiger partial charge on any atom is 0.416 e. The zero-order chi connectivity index (χ0) is 23.2. The highest BCUT2D eigenvalue weighted by atomic mass is 32.2. The van der Waals surface area contributed by atoms with Gasteiger partial charge in [-0.25, -0.2) is 8.42 Å². The molecule has 9 heteroatoms. The number of halogens is 3. The fourth-order valence-electron chi connectivity index (χ4n) is 2.68. The summed E-state index contributed by atoms with van der Waals surface area (Å²) < 4.78 is 65.4. The number of amides is 1. The van der Waals surface area contributed by atoms with Gasteiger partial charge in [-0.05, 0) is 48.5 Å². The molecule has 0 heterocycles. The predicted molar refractivity (Wildman–Crippen MR) is 114 cm³/mol. The lowest BCUT2D eigenvalue weighted by atomic mass is 10.1. The van der Waals surface area contributed by atoms with Crippen molar-refractivity contribution in [3.8, 4) is 11.8 Å². The second-order valence-electron chi connectivity index (χ2n) is 6.56. The summed E-state index contributed by atoms with van der Waals surface area (Å²) in [6.45, 7) is -0.102. The summed E-state index contributed by atoms with van der Waals surface area (Å²) in [5.41, 5.74) is -0.231. The van der Waals surface area contributed by atoms with Gasteiger partial charge >= 0.3 is 6.18 Å². The van der Waals surface area contributed by atoms with Gasteiger partial charge < -0.3 is 5.32 Å². The molecule has 5 nitrogen and oxygen atoms in total. The smallest absolute Gasteiger partial charge is 0.341 e. The Kier molecular flexibility index (Phi) is 6.85. The fraction of sp³-hybridized carbons (Fsp3) is 0.0870. The van der Waals surface area contributed by atoms with Crippen LogP contribution in [-0.4, -0.2) is 20.9 Å². The van der Waals surface area contributed by atoms with E-state index in [1.54, 1.807) is 18.2 Å². The van der Waals surface area contributed by atoms with E-state index in [2.05, 4.69) is 21.9 Å². The third kappa shape index (κ3) is 6.12. The van der Waals surface area contributed by atoms with Gasteiger partial charge in [-0.15, -0.1) is 0 Å². The maximum atomic E-state index is 12.7. The van der Waals surface area contributed by atoms with Gasteiger partial charge in [-0.3, -0.25) is 9.52 Å². The molecule has 0 unspecified atom stereocenters. The second-order valence-corrected chi connectivity index (χ2v) is 8.24. The summed E-state index contributed by atoms with van der Waals surface area (Å²) in [5, 5.41) is 2.52. The number of alkyl halides is 3. The van der Waals surface area contributed by atoms with Crippen LogP contribution in [-0.2, 0) is 16.2 Å². The molecular weight excluding hydrogens is 441 g/mol. The molecule has 0 saturated heterocycles.